The van der Waals surface area contributed by atoms with Crippen molar-refractivity contribution in [2.75, 3.05) is 5.75 Å². The summed E-state index contributed by atoms with van der Waals surface area (Å²) in [5, 5.41) is 0. The maximum absolute atomic E-state index is 14.5. The third-order valence-corrected chi connectivity index (χ3v) is 5.63. The van der Waals surface area contributed by atoms with Crippen LogP contribution < -0.4 is 4.74 Å². The predicted octanol–water partition coefficient (Wildman–Crippen LogP) is 2.67. The molecule has 0 saturated carbocycles. The Morgan fingerprint density at radius 3 is 2.15 bits per heavy atom. The highest BCUT2D eigenvalue weighted by molar-refractivity contribution is 7.99. The van der Waals surface area contributed by atoms with Crippen molar-refractivity contribution >= 4 is 29.7 Å². The number of thioether (sulfide) groups is 1. The minimum Gasteiger partial charge on any atom is -0.471 e. The van der Waals surface area contributed by atoms with E-state index in [1.54, 1.807) is 0 Å². The summed E-state index contributed by atoms with van der Waals surface area (Å²) in [7, 11) is 0. The van der Waals surface area contributed by atoms with E-state index in [4.69, 9.17) is 18.9 Å². The number of pyridine rings is 2. The summed E-state index contributed by atoms with van der Waals surface area (Å²) < 4.78 is 49.2. The predicted molar refractivity (Wildman–Crippen MR) is 111 cm³/mol. The molecule has 12 heteroatoms. The number of carbonyl (C=O) groups is 3. The van der Waals surface area contributed by atoms with Gasteiger partial charge in [0.2, 0.25) is 5.95 Å². The van der Waals surface area contributed by atoms with Crippen LogP contribution in [0.3, 0.4) is 0 Å². The minimum absolute atomic E-state index is 0.122. The van der Waals surface area contributed by atoms with Crippen molar-refractivity contribution in [3.63, 3.8) is 0 Å². The molecule has 0 spiro atoms. The maximum Gasteiger partial charge on any atom is 0.303 e. The van der Waals surface area contributed by atoms with E-state index in [2.05, 4.69) is 9.97 Å². The average molecular weight is 482 g/mol. The zero-order valence-electron chi connectivity index (χ0n) is 17.8. The SMILES string of the molecule is CC(=O)O[C@@H]1[C@@H](OC(C)=O)[C@H](OC(C)=O)CS[C@H]1Oc1cc(-c2ccc(F)nc2)cnc1F. The van der Waals surface area contributed by atoms with Crippen molar-refractivity contribution in [2.45, 2.75) is 44.5 Å². The van der Waals surface area contributed by atoms with Crippen LogP contribution in [0, 0.1) is 11.9 Å². The van der Waals surface area contributed by atoms with E-state index in [-0.39, 0.29) is 11.5 Å². The number of halogens is 2. The first-order chi connectivity index (χ1) is 15.6. The molecule has 1 aliphatic rings. The molecule has 0 unspecified atom stereocenters. The Morgan fingerprint density at radius 2 is 1.55 bits per heavy atom. The van der Waals surface area contributed by atoms with Crippen LogP contribution in [0.2, 0.25) is 0 Å². The van der Waals surface area contributed by atoms with Crippen LogP contribution in [-0.4, -0.2) is 57.4 Å². The number of esters is 3. The summed E-state index contributed by atoms with van der Waals surface area (Å²) in [5.41, 5.74) is -0.157. The summed E-state index contributed by atoms with van der Waals surface area (Å²) >= 11 is 1.08. The van der Waals surface area contributed by atoms with Crippen molar-refractivity contribution in [1.29, 1.82) is 0 Å². The fraction of sp³-hybridized carbons (Fsp3) is 0.381. The van der Waals surface area contributed by atoms with E-state index in [0.717, 1.165) is 31.7 Å². The van der Waals surface area contributed by atoms with Gasteiger partial charge in [0, 0.05) is 50.0 Å². The van der Waals surface area contributed by atoms with Crippen LogP contribution in [-0.2, 0) is 28.6 Å². The first-order valence-corrected chi connectivity index (χ1v) is 10.8. The molecule has 2 aromatic heterocycles. The minimum atomic E-state index is -1.22. The van der Waals surface area contributed by atoms with Gasteiger partial charge in [-0.2, -0.15) is 8.78 Å². The zero-order chi connectivity index (χ0) is 24.1. The lowest BCUT2D eigenvalue weighted by molar-refractivity contribution is -0.186. The Morgan fingerprint density at radius 1 is 0.909 bits per heavy atom. The number of nitrogens with zero attached hydrogens (tertiary/aromatic N) is 2. The van der Waals surface area contributed by atoms with Gasteiger partial charge in [-0.15, -0.1) is 11.8 Å². The largest absolute Gasteiger partial charge is 0.471 e. The summed E-state index contributed by atoms with van der Waals surface area (Å²) in [6.07, 6.45) is -0.828. The fourth-order valence-corrected chi connectivity index (χ4v) is 4.36. The van der Waals surface area contributed by atoms with E-state index in [1.165, 1.54) is 31.5 Å². The molecule has 176 valence electrons. The Hall–Kier alpha value is -3.28. The van der Waals surface area contributed by atoms with Gasteiger partial charge in [-0.3, -0.25) is 14.4 Å². The second kappa shape index (κ2) is 10.6. The maximum atomic E-state index is 14.5. The molecule has 3 rings (SSSR count). The number of hydrogen-bond donors (Lipinski definition) is 0. The quantitative estimate of drug-likeness (QED) is 0.346. The lowest BCUT2D eigenvalue weighted by Crippen LogP contribution is -2.55. The number of rotatable bonds is 6. The van der Waals surface area contributed by atoms with Gasteiger partial charge < -0.3 is 18.9 Å². The molecule has 3 heterocycles. The number of aromatic nitrogens is 2. The van der Waals surface area contributed by atoms with Gasteiger partial charge in [-0.25, -0.2) is 9.97 Å². The number of ether oxygens (including phenoxy) is 4. The van der Waals surface area contributed by atoms with E-state index in [0.29, 0.717) is 11.1 Å². The van der Waals surface area contributed by atoms with Crippen molar-refractivity contribution < 1.29 is 42.1 Å². The van der Waals surface area contributed by atoms with Crippen LogP contribution in [0.4, 0.5) is 8.78 Å². The molecule has 0 N–H and O–H groups in total. The third kappa shape index (κ3) is 6.37. The van der Waals surface area contributed by atoms with Gasteiger partial charge in [0.05, 0.1) is 0 Å². The van der Waals surface area contributed by atoms with Crippen LogP contribution in [0.5, 0.6) is 5.75 Å². The first kappa shape index (κ1) is 24.4. The smallest absolute Gasteiger partial charge is 0.303 e. The van der Waals surface area contributed by atoms with E-state index < -0.39 is 53.6 Å². The van der Waals surface area contributed by atoms with Gasteiger partial charge in [-0.05, 0) is 18.2 Å². The molecule has 2 aromatic rings. The molecule has 0 bridgehead atoms. The van der Waals surface area contributed by atoms with Crippen LogP contribution in [0.15, 0.2) is 30.6 Å². The lowest BCUT2D eigenvalue weighted by Gasteiger charge is -2.39. The summed E-state index contributed by atoms with van der Waals surface area (Å²) in [6, 6.07) is 3.92. The summed E-state index contributed by atoms with van der Waals surface area (Å²) in [6.45, 7) is 3.49. The molecule has 0 aliphatic carbocycles. The van der Waals surface area contributed by atoms with Gasteiger partial charge in [0.1, 0.15) is 0 Å². The van der Waals surface area contributed by atoms with Gasteiger partial charge in [-0.1, -0.05) is 0 Å². The number of hydrogen-bond acceptors (Lipinski definition) is 10. The molecule has 1 aliphatic heterocycles. The number of carbonyl (C=O) groups excluding carboxylic acids is 3. The molecule has 1 fully saturated rings. The summed E-state index contributed by atoms with van der Waals surface area (Å²) in [5.74, 6) is -3.79. The van der Waals surface area contributed by atoms with Crippen molar-refractivity contribution in [3.05, 3.63) is 42.5 Å². The Bertz CT molecular complexity index is 1040. The van der Waals surface area contributed by atoms with E-state index >= 15 is 0 Å². The lowest BCUT2D eigenvalue weighted by atomic mass is 10.1. The first-order valence-electron chi connectivity index (χ1n) is 9.71. The molecular weight excluding hydrogens is 462 g/mol. The molecule has 4 atom stereocenters. The molecule has 9 nitrogen and oxygen atoms in total. The third-order valence-electron chi connectivity index (χ3n) is 4.42. The van der Waals surface area contributed by atoms with Crippen molar-refractivity contribution in [3.8, 4) is 16.9 Å². The Labute approximate surface area is 191 Å². The monoisotopic (exact) mass is 482 g/mol. The normalized spacial score (nSPS) is 22.2. The molecule has 0 amide bonds. The highest BCUT2D eigenvalue weighted by Crippen LogP contribution is 2.35. The second-order valence-electron chi connectivity index (χ2n) is 7.00. The average Bonchev–Trinajstić information content (AvgIpc) is 2.73. The summed E-state index contributed by atoms with van der Waals surface area (Å²) in [4.78, 5) is 42.1. The van der Waals surface area contributed by atoms with Gasteiger partial charge in [0.15, 0.2) is 29.5 Å². The Balaban J connectivity index is 1.91. The van der Waals surface area contributed by atoms with Crippen LogP contribution in [0.25, 0.3) is 11.1 Å². The second-order valence-corrected chi connectivity index (χ2v) is 8.13. The van der Waals surface area contributed by atoms with Gasteiger partial charge >= 0.3 is 17.9 Å². The standard InChI is InChI=1S/C21H20F2N2O7S/c1-10(26)29-16-9-33-21(19(31-12(3)28)18(16)30-11(2)27)32-15-6-14(8-25-20(15)23)13-4-5-17(22)24-7-13/h4-8,16,18-19,21H,9H2,1-3H3/t16-,18+,19-,21-/m1/s1. The topological polar surface area (TPSA) is 114 Å². The van der Waals surface area contributed by atoms with Crippen molar-refractivity contribution in [2.24, 2.45) is 0 Å². The van der Waals surface area contributed by atoms with E-state index in [9.17, 15) is 23.2 Å². The molecule has 0 radical (unpaired) electrons. The molecule has 1 saturated heterocycles. The van der Waals surface area contributed by atoms with Gasteiger partial charge in [0.25, 0.3) is 5.95 Å². The van der Waals surface area contributed by atoms with Crippen LogP contribution in [0.1, 0.15) is 20.8 Å². The molecule has 0 aromatic carbocycles. The zero-order valence-corrected chi connectivity index (χ0v) is 18.6. The highest BCUT2D eigenvalue weighted by atomic mass is 32.2. The van der Waals surface area contributed by atoms with Crippen molar-refractivity contribution in [1.82, 2.24) is 9.97 Å². The highest BCUT2D eigenvalue weighted by Gasteiger charge is 2.48. The fourth-order valence-electron chi connectivity index (χ4n) is 3.15. The Kier molecular flexibility index (Phi) is 7.79. The molecular formula is C21H20F2N2O7S. The molecule has 33 heavy (non-hydrogen) atoms. The van der Waals surface area contributed by atoms with E-state index in [1.807, 2.05) is 0 Å². The van der Waals surface area contributed by atoms with Crippen LogP contribution >= 0.6 is 11.8 Å².